The van der Waals surface area contributed by atoms with Crippen molar-refractivity contribution in [2.24, 2.45) is 20.2 Å². The molecule has 34 heavy (non-hydrogen) atoms. The second-order valence-corrected chi connectivity index (χ2v) is 11.4. The van der Waals surface area contributed by atoms with Gasteiger partial charge >= 0.3 is 0 Å². The van der Waals surface area contributed by atoms with Crippen molar-refractivity contribution >= 4 is 11.7 Å². The first-order chi connectivity index (χ1) is 16.3. The van der Waals surface area contributed by atoms with Gasteiger partial charge in [-0.05, 0) is 34.1 Å². The lowest BCUT2D eigenvalue weighted by Crippen LogP contribution is -2.43. The molecule has 6 nitrogen and oxygen atoms in total. The van der Waals surface area contributed by atoms with Gasteiger partial charge in [-0.15, -0.1) is 0 Å². The van der Waals surface area contributed by atoms with E-state index in [1.165, 1.54) is 96.3 Å². The third kappa shape index (κ3) is 10.9. The third-order valence-corrected chi connectivity index (χ3v) is 7.10. The van der Waals surface area contributed by atoms with Gasteiger partial charge in [0.15, 0.2) is 0 Å². The van der Waals surface area contributed by atoms with Crippen molar-refractivity contribution in [2.75, 3.05) is 19.6 Å². The van der Waals surface area contributed by atoms with Crippen LogP contribution in [0.5, 0.6) is 0 Å². The summed E-state index contributed by atoms with van der Waals surface area (Å²) in [4.78, 5) is 9.29. The molecule has 0 saturated heterocycles. The summed E-state index contributed by atoms with van der Waals surface area (Å²) in [6.07, 6.45) is 20.9. The van der Waals surface area contributed by atoms with E-state index in [1.54, 1.807) is 0 Å². The van der Waals surface area contributed by atoms with Crippen LogP contribution in [-0.2, 0) is 0 Å². The number of nitrogens with one attached hydrogen (secondary N) is 2. The summed E-state index contributed by atoms with van der Waals surface area (Å²) >= 11 is 0. The van der Waals surface area contributed by atoms with Gasteiger partial charge in [-0.1, -0.05) is 96.8 Å². The molecule has 2 aliphatic heterocycles. The van der Waals surface area contributed by atoms with Crippen molar-refractivity contribution in [3.63, 3.8) is 0 Å². The van der Waals surface area contributed by atoms with Crippen LogP contribution in [0.25, 0.3) is 0 Å². The van der Waals surface area contributed by atoms with E-state index in [2.05, 4.69) is 60.5 Å². The van der Waals surface area contributed by atoms with Gasteiger partial charge in [0.1, 0.15) is 22.7 Å². The molecule has 2 aliphatic rings. The van der Waals surface area contributed by atoms with Crippen LogP contribution < -0.4 is 10.6 Å². The van der Waals surface area contributed by atoms with E-state index >= 15 is 0 Å². The Morgan fingerprint density at radius 2 is 1.21 bits per heavy atom. The first-order valence-corrected chi connectivity index (χ1v) is 14.4. The Hall–Kier alpha value is -1.46. The van der Waals surface area contributed by atoms with Crippen LogP contribution in [0.1, 0.15) is 131 Å². The topological polar surface area (TPSA) is 73.5 Å². The third-order valence-electron chi connectivity index (χ3n) is 7.10. The predicted molar refractivity (Wildman–Crippen MR) is 147 cm³/mol. The average Bonchev–Trinajstić information content (AvgIpc) is 3.51. The molecule has 0 fully saturated rings. The quantitative estimate of drug-likeness (QED) is 0.153. The molecule has 0 amide bonds. The summed E-state index contributed by atoms with van der Waals surface area (Å²) in [6, 6.07) is 0.454. The number of hydrogen-bond acceptors (Lipinski definition) is 6. The van der Waals surface area contributed by atoms with Crippen LogP contribution in [0, 0.1) is 0 Å². The Kier molecular flexibility index (Phi) is 13.1. The molecule has 0 aromatic carbocycles. The summed E-state index contributed by atoms with van der Waals surface area (Å²) < 4.78 is 0. The molecule has 2 heterocycles. The predicted octanol–water partition coefficient (Wildman–Crippen LogP) is 7.24. The van der Waals surface area contributed by atoms with Gasteiger partial charge in [-0.25, -0.2) is 0 Å². The number of amidine groups is 2. The molecule has 0 bridgehead atoms. The van der Waals surface area contributed by atoms with Gasteiger partial charge < -0.3 is 10.6 Å². The van der Waals surface area contributed by atoms with Crippen LogP contribution >= 0.6 is 0 Å². The summed E-state index contributed by atoms with van der Waals surface area (Å²) in [5.41, 5.74) is -0.846. The van der Waals surface area contributed by atoms with Crippen molar-refractivity contribution < 1.29 is 0 Å². The minimum Gasteiger partial charge on any atom is -0.370 e. The fourth-order valence-electron chi connectivity index (χ4n) is 4.76. The van der Waals surface area contributed by atoms with Crippen LogP contribution in [0.4, 0.5) is 0 Å². The summed E-state index contributed by atoms with van der Waals surface area (Å²) in [6.45, 7) is 13.2. The lowest BCUT2D eigenvalue weighted by atomic mass is 10.0. The van der Waals surface area contributed by atoms with Crippen LogP contribution in [-0.4, -0.2) is 48.4 Å². The molecule has 0 aromatic rings. The molecule has 0 radical (unpaired) electrons. The van der Waals surface area contributed by atoms with Gasteiger partial charge in [0.25, 0.3) is 0 Å². The van der Waals surface area contributed by atoms with E-state index in [0.29, 0.717) is 6.04 Å². The molecule has 1 unspecified atom stereocenters. The summed E-state index contributed by atoms with van der Waals surface area (Å²) in [5, 5.41) is 16.3. The highest BCUT2D eigenvalue weighted by molar-refractivity contribution is 5.93. The Labute approximate surface area is 210 Å². The minimum absolute atomic E-state index is 0.416. The fraction of sp³-hybridized carbons (Fsp3) is 0.929. The first-order valence-electron chi connectivity index (χ1n) is 14.4. The Balaban J connectivity index is 1.49. The zero-order valence-electron chi connectivity index (χ0n) is 23.1. The van der Waals surface area contributed by atoms with Crippen molar-refractivity contribution in [1.29, 1.82) is 0 Å². The minimum atomic E-state index is -0.430. The van der Waals surface area contributed by atoms with Gasteiger partial charge in [0.05, 0.1) is 13.1 Å². The van der Waals surface area contributed by atoms with E-state index in [-0.39, 0.29) is 0 Å². The first kappa shape index (κ1) is 28.8. The Morgan fingerprint density at radius 1 is 0.706 bits per heavy atom. The highest BCUT2D eigenvalue weighted by Gasteiger charge is 2.33. The van der Waals surface area contributed by atoms with Crippen LogP contribution in [0.2, 0.25) is 0 Å². The largest absolute Gasteiger partial charge is 0.370 e. The molecule has 0 aromatic heterocycles. The van der Waals surface area contributed by atoms with Gasteiger partial charge in [-0.2, -0.15) is 10.2 Å². The number of unbranched alkanes of at least 4 members (excludes halogenated alkanes) is 13. The Bertz CT molecular complexity index is 649. The fourth-order valence-corrected chi connectivity index (χ4v) is 4.76. The SMILES string of the molecule is CCCCCCCCCCCCCCCCC1CN=C(C(C)(C)N=NC(C)(C)C2=NCCN2)N1. The standard InChI is InChI=1S/C28H54N6/c1-6-7-8-9-10-11-12-13-14-15-16-17-18-19-20-24-23-31-26(32-24)28(4,5)34-33-27(2,3)25-29-21-22-30-25/h24H,6-23H2,1-5H3,(H,29,30)(H,31,32). The van der Waals surface area contributed by atoms with Crippen molar-refractivity contribution in [3.8, 4) is 0 Å². The second-order valence-electron chi connectivity index (χ2n) is 11.4. The maximum Gasteiger partial charge on any atom is 0.133 e. The van der Waals surface area contributed by atoms with Gasteiger partial charge in [-0.3, -0.25) is 9.98 Å². The number of azo groups is 1. The molecule has 2 N–H and O–H groups in total. The molecule has 1 atom stereocenters. The van der Waals surface area contributed by atoms with Crippen molar-refractivity contribution in [3.05, 3.63) is 0 Å². The van der Waals surface area contributed by atoms with Crippen LogP contribution in [0.3, 0.4) is 0 Å². The van der Waals surface area contributed by atoms with E-state index in [9.17, 15) is 0 Å². The molecule has 6 heteroatoms. The van der Waals surface area contributed by atoms with E-state index in [4.69, 9.17) is 4.99 Å². The number of nitrogens with zero attached hydrogens (tertiary/aromatic N) is 4. The van der Waals surface area contributed by atoms with E-state index < -0.39 is 11.1 Å². The number of aliphatic imine (C=N–C) groups is 2. The molecule has 2 rings (SSSR count). The summed E-state index contributed by atoms with van der Waals surface area (Å²) in [5.74, 6) is 1.91. The van der Waals surface area contributed by atoms with Crippen molar-refractivity contribution in [1.82, 2.24) is 10.6 Å². The smallest absolute Gasteiger partial charge is 0.133 e. The number of rotatable bonds is 19. The molecule has 0 spiro atoms. The molecule has 0 aliphatic carbocycles. The monoisotopic (exact) mass is 474 g/mol. The zero-order valence-corrected chi connectivity index (χ0v) is 23.1. The number of hydrogen-bond donors (Lipinski definition) is 2. The van der Waals surface area contributed by atoms with Crippen molar-refractivity contribution in [2.45, 2.75) is 148 Å². The normalized spacial score (nSPS) is 18.8. The van der Waals surface area contributed by atoms with Gasteiger partial charge in [0.2, 0.25) is 0 Å². The zero-order chi connectivity index (χ0) is 24.7. The molecule has 0 saturated carbocycles. The maximum absolute atomic E-state index is 4.78. The lowest BCUT2D eigenvalue weighted by molar-refractivity contribution is 0.505. The van der Waals surface area contributed by atoms with E-state index in [0.717, 1.165) is 31.3 Å². The molecule has 196 valence electrons. The van der Waals surface area contributed by atoms with Crippen LogP contribution in [0.15, 0.2) is 20.2 Å². The Morgan fingerprint density at radius 3 is 1.71 bits per heavy atom. The molecular weight excluding hydrogens is 420 g/mol. The highest BCUT2D eigenvalue weighted by atomic mass is 15.3. The highest BCUT2D eigenvalue weighted by Crippen LogP contribution is 2.21. The summed E-state index contributed by atoms with van der Waals surface area (Å²) in [7, 11) is 0. The van der Waals surface area contributed by atoms with Gasteiger partial charge in [0, 0.05) is 12.6 Å². The maximum atomic E-state index is 4.78. The average molecular weight is 475 g/mol. The molecular formula is C28H54N6. The second kappa shape index (κ2) is 15.5. The van der Waals surface area contributed by atoms with E-state index in [1.807, 2.05) is 0 Å². The lowest BCUT2D eigenvalue weighted by Gasteiger charge is -2.24.